The van der Waals surface area contributed by atoms with Crippen LogP contribution in [0, 0.1) is 6.92 Å². The van der Waals surface area contributed by atoms with E-state index in [-0.39, 0.29) is 17.9 Å². The van der Waals surface area contributed by atoms with Crippen LogP contribution in [0.4, 0.5) is 0 Å². The van der Waals surface area contributed by atoms with Gasteiger partial charge in [-0.1, -0.05) is 0 Å². The van der Waals surface area contributed by atoms with Crippen molar-refractivity contribution in [2.45, 2.75) is 45.4 Å². The van der Waals surface area contributed by atoms with Gasteiger partial charge in [0.2, 0.25) is 0 Å². The maximum absolute atomic E-state index is 11.9. The van der Waals surface area contributed by atoms with Crippen molar-refractivity contribution in [3.63, 3.8) is 0 Å². The lowest BCUT2D eigenvalue weighted by atomic mass is 10.1. The minimum Gasteiger partial charge on any atom is -0.466 e. The quantitative estimate of drug-likeness (QED) is 0.803. The van der Waals surface area contributed by atoms with E-state index in [1.807, 2.05) is 6.92 Å². The van der Waals surface area contributed by atoms with E-state index in [1.54, 1.807) is 6.92 Å². The van der Waals surface area contributed by atoms with E-state index in [0.29, 0.717) is 24.5 Å². The molecule has 0 spiro atoms. The SMILES string of the molecule is CCOC(=O)CCc1c(C)nc(C2CC2)[nH]c1=O. The first-order chi connectivity index (χ1) is 8.61. The molecule has 0 unspecified atom stereocenters. The number of ether oxygens (including phenoxy) is 1. The predicted molar refractivity (Wildman–Crippen MR) is 66.5 cm³/mol. The normalized spacial score (nSPS) is 14.6. The Balaban J connectivity index is 2.08. The number of H-pyrrole nitrogens is 1. The Morgan fingerprint density at radius 2 is 2.22 bits per heavy atom. The number of hydrogen-bond acceptors (Lipinski definition) is 4. The van der Waals surface area contributed by atoms with Crippen molar-refractivity contribution in [3.05, 3.63) is 27.4 Å². The molecule has 0 aromatic carbocycles. The number of aryl methyl sites for hydroxylation is 1. The number of carbonyl (C=O) groups is 1. The fourth-order valence-corrected chi connectivity index (χ4v) is 1.94. The predicted octanol–water partition coefficient (Wildman–Crippen LogP) is 1.45. The van der Waals surface area contributed by atoms with Gasteiger partial charge in [0.1, 0.15) is 5.82 Å². The van der Waals surface area contributed by atoms with Crippen LogP contribution in [0.25, 0.3) is 0 Å². The molecule has 1 aliphatic rings. The van der Waals surface area contributed by atoms with Crippen LogP contribution in [-0.2, 0) is 16.0 Å². The molecular weight excluding hydrogens is 232 g/mol. The second kappa shape index (κ2) is 5.33. The monoisotopic (exact) mass is 250 g/mol. The molecule has 0 atom stereocenters. The van der Waals surface area contributed by atoms with Gasteiger partial charge in [-0.05, 0) is 33.1 Å². The highest BCUT2D eigenvalue weighted by molar-refractivity contribution is 5.69. The largest absolute Gasteiger partial charge is 0.466 e. The minimum atomic E-state index is -0.275. The molecule has 1 saturated carbocycles. The van der Waals surface area contributed by atoms with E-state index >= 15 is 0 Å². The molecule has 0 saturated heterocycles. The lowest BCUT2D eigenvalue weighted by Crippen LogP contribution is -2.20. The standard InChI is InChI=1S/C13H18N2O3/c1-3-18-11(16)7-6-10-8(2)14-12(9-4-5-9)15-13(10)17/h9H,3-7H2,1-2H3,(H,14,15,17). The molecule has 0 aliphatic heterocycles. The number of carbonyl (C=O) groups excluding carboxylic acids is 1. The van der Waals surface area contributed by atoms with Gasteiger partial charge in [-0.3, -0.25) is 9.59 Å². The summed E-state index contributed by atoms with van der Waals surface area (Å²) in [4.78, 5) is 30.4. The van der Waals surface area contributed by atoms with E-state index in [2.05, 4.69) is 9.97 Å². The first-order valence-electron chi connectivity index (χ1n) is 6.37. The van der Waals surface area contributed by atoms with Crippen LogP contribution < -0.4 is 5.56 Å². The van der Waals surface area contributed by atoms with Gasteiger partial charge < -0.3 is 9.72 Å². The average Bonchev–Trinajstić information content (AvgIpc) is 3.11. The highest BCUT2D eigenvalue weighted by Crippen LogP contribution is 2.37. The molecule has 98 valence electrons. The zero-order chi connectivity index (χ0) is 13.1. The Bertz CT molecular complexity index is 503. The van der Waals surface area contributed by atoms with E-state index in [0.717, 1.165) is 24.4 Å². The van der Waals surface area contributed by atoms with Gasteiger partial charge in [0, 0.05) is 23.6 Å². The highest BCUT2D eigenvalue weighted by Gasteiger charge is 2.26. The number of aromatic amines is 1. The fraction of sp³-hybridized carbons (Fsp3) is 0.615. The van der Waals surface area contributed by atoms with E-state index < -0.39 is 0 Å². The van der Waals surface area contributed by atoms with Gasteiger partial charge in [-0.25, -0.2) is 4.98 Å². The highest BCUT2D eigenvalue weighted by atomic mass is 16.5. The molecule has 1 aromatic rings. The van der Waals surface area contributed by atoms with Gasteiger partial charge in [0.15, 0.2) is 0 Å². The van der Waals surface area contributed by atoms with Crippen molar-refractivity contribution < 1.29 is 9.53 Å². The molecule has 2 rings (SSSR count). The van der Waals surface area contributed by atoms with Gasteiger partial charge in [-0.15, -0.1) is 0 Å². The molecule has 1 N–H and O–H groups in total. The van der Waals surface area contributed by atoms with E-state index in [1.165, 1.54) is 0 Å². The maximum atomic E-state index is 11.9. The molecule has 18 heavy (non-hydrogen) atoms. The third-order valence-corrected chi connectivity index (χ3v) is 3.09. The molecule has 5 heteroatoms. The summed E-state index contributed by atoms with van der Waals surface area (Å²) < 4.78 is 4.84. The smallest absolute Gasteiger partial charge is 0.306 e. The maximum Gasteiger partial charge on any atom is 0.306 e. The van der Waals surface area contributed by atoms with Crippen molar-refractivity contribution in [2.75, 3.05) is 6.61 Å². The molecule has 1 heterocycles. The third kappa shape index (κ3) is 2.97. The van der Waals surface area contributed by atoms with Crippen LogP contribution in [-0.4, -0.2) is 22.5 Å². The number of nitrogens with zero attached hydrogens (tertiary/aromatic N) is 1. The molecule has 0 radical (unpaired) electrons. The first-order valence-corrected chi connectivity index (χ1v) is 6.37. The number of nitrogens with one attached hydrogen (secondary N) is 1. The van der Waals surface area contributed by atoms with Crippen LogP contribution in [0.3, 0.4) is 0 Å². The van der Waals surface area contributed by atoms with Gasteiger partial charge >= 0.3 is 5.97 Å². The van der Waals surface area contributed by atoms with Crippen LogP contribution in [0.1, 0.15) is 49.2 Å². The van der Waals surface area contributed by atoms with E-state index in [9.17, 15) is 9.59 Å². The zero-order valence-electron chi connectivity index (χ0n) is 10.8. The summed E-state index contributed by atoms with van der Waals surface area (Å²) in [6.45, 7) is 3.95. The lowest BCUT2D eigenvalue weighted by Gasteiger charge is -2.06. The molecule has 1 aromatic heterocycles. The number of aromatic nitrogens is 2. The molecule has 1 fully saturated rings. The second-order valence-electron chi connectivity index (χ2n) is 4.59. The van der Waals surface area contributed by atoms with Crippen LogP contribution in [0.15, 0.2) is 4.79 Å². The summed E-state index contributed by atoms with van der Waals surface area (Å²) >= 11 is 0. The number of rotatable bonds is 5. The van der Waals surface area contributed by atoms with Gasteiger partial charge in [0.05, 0.1) is 6.61 Å². The lowest BCUT2D eigenvalue weighted by molar-refractivity contribution is -0.143. The van der Waals surface area contributed by atoms with Gasteiger partial charge in [-0.2, -0.15) is 0 Å². The minimum absolute atomic E-state index is 0.117. The summed E-state index contributed by atoms with van der Waals surface area (Å²) in [7, 11) is 0. The van der Waals surface area contributed by atoms with Crippen LogP contribution in [0.2, 0.25) is 0 Å². The van der Waals surface area contributed by atoms with Crippen LogP contribution in [0.5, 0.6) is 0 Å². The van der Waals surface area contributed by atoms with Crippen molar-refractivity contribution in [1.29, 1.82) is 0 Å². The third-order valence-electron chi connectivity index (χ3n) is 3.09. The number of hydrogen-bond donors (Lipinski definition) is 1. The summed E-state index contributed by atoms with van der Waals surface area (Å²) in [5, 5.41) is 0. The second-order valence-corrected chi connectivity index (χ2v) is 4.59. The Kier molecular flexibility index (Phi) is 3.79. The summed E-state index contributed by atoms with van der Waals surface area (Å²) in [6.07, 6.45) is 2.81. The topological polar surface area (TPSA) is 72.0 Å². The Labute approximate surface area is 106 Å². The summed E-state index contributed by atoms with van der Waals surface area (Å²) in [5.74, 6) is 0.940. The Morgan fingerprint density at radius 3 is 2.78 bits per heavy atom. The van der Waals surface area contributed by atoms with Crippen molar-refractivity contribution in [1.82, 2.24) is 9.97 Å². The number of esters is 1. The van der Waals surface area contributed by atoms with Crippen molar-refractivity contribution in [3.8, 4) is 0 Å². The van der Waals surface area contributed by atoms with Crippen molar-refractivity contribution in [2.24, 2.45) is 0 Å². The first kappa shape index (κ1) is 12.8. The fourth-order valence-electron chi connectivity index (χ4n) is 1.94. The molecule has 0 amide bonds. The van der Waals surface area contributed by atoms with Crippen molar-refractivity contribution >= 4 is 5.97 Å². The molecule has 0 bridgehead atoms. The summed E-state index contributed by atoms with van der Waals surface area (Å²) in [6, 6.07) is 0. The average molecular weight is 250 g/mol. The summed E-state index contributed by atoms with van der Waals surface area (Å²) in [5.41, 5.74) is 1.20. The Morgan fingerprint density at radius 1 is 1.50 bits per heavy atom. The Hall–Kier alpha value is -1.65. The van der Waals surface area contributed by atoms with Gasteiger partial charge in [0.25, 0.3) is 5.56 Å². The zero-order valence-corrected chi connectivity index (χ0v) is 10.8. The molecule has 5 nitrogen and oxygen atoms in total. The van der Waals surface area contributed by atoms with E-state index in [4.69, 9.17) is 4.74 Å². The van der Waals surface area contributed by atoms with Crippen LogP contribution >= 0.6 is 0 Å². The molecule has 1 aliphatic carbocycles. The molecular formula is C13H18N2O3.